The minimum atomic E-state index is -0.167. The van der Waals surface area contributed by atoms with E-state index in [9.17, 15) is 4.39 Å². The summed E-state index contributed by atoms with van der Waals surface area (Å²) in [7, 11) is 0. The van der Waals surface area contributed by atoms with E-state index in [1.54, 1.807) is 23.5 Å². The Morgan fingerprint density at radius 1 is 1.25 bits per heavy atom. The van der Waals surface area contributed by atoms with Crippen LogP contribution in [0.1, 0.15) is 29.2 Å². The zero-order valence-electron chi connectivity index (χ0n) is 11.1. The Balaban J connectivity index is 1.75. The molecule has 0 aliphatic heterocycles. The van der Waals surface area contributed by atoms with E-state index in [0.717, 1.165) is 13.0 Å². The normalized spacial score (nSPS) is 16.3. The first kappa shape index (κ1) is 14.2. The number of thiophene rings is 1. The van der Waals surface area contributed by atoms with E-state index in [1.807, 2.05) is 12.1 Å². The third-order valence-electron chi connectivity index (χ3n) is 3.69. The number of benzene rings is 1. The van der Waals surface area contributed by atoms with Crippen LogP contribution in [-0.2, 0) is 6.42 Å². The fraction of sp³-hybridized carbons (Fsp3) is 0.375. The average Bonchev–Trinajstić information content (AvgIpc) is 3.19. The van der Waals surface area contributed by atoms with Gasteiger partial charge in [0, 0.05) is 27.9 Å². The van der Waals surface area contributed by atoms with Crippen LogP contribution in [0, 0.1) is 5.82 Å². The van der Waals surface area contributed by atoms with Crippen molar-refractivity contribution in [3.05, 3.63) is 56.4 Å². The van der Waals surface area contributed by atoms with Crippen molar-refractivity contribution in [1.29, 1.82) is 0 Å². The molecule has 1 nitrogen and oxygen atoms in total. The Hall–Kier alpha value is -0.710. The maximum atomic E-state index is 13.1. The van der Waals surface area contributed by atoms with Gasteiger partial charge in [-0.2, -0.15) is 0 Å². The Morgan fingerprint density at radius 2 is 2.00 bits per heavy atom. The predicted octanol–water partition coefficient (Wildman–Crippen LogP) is 4.73. The molecule has 1 aliphatic carbocycles. The summed E-state index contributed by atoms with van der Waals surface area (Å²) in [5.41, 5.74) is 1.21. The van der Waals surface area contributed by atoms with Crippen molar-refractivity contribution in [2.75, 3.05) is 6.54 Å². The molecule has 1 unspecified atom stereocenters. The Morgan fingerprint density at radius 3 is 2.60 bits per heavy atom. The van der Waals surface area contributed by atoms with Gasteiger partial charge in [-0.25, -0.2) is 4.39 Å². The highest BCUT2D eigenvalue weighted by molar-refractivity contribution is 9.10. The van der Waals surface area contributed by atoms with Crippen molar-refractivity contribution in [1.82, 2.24) is 5.32 Å². The molecule has 1 N–H and O–H groups in total. The Labute approximate surface area is 131 Å². The molecule has 1 aliphatic rings. The highest BCUT2D eigenvalue weighted by Gasteiger charge is 2.23. The lowest BCUT2D eigenvalue weighted by Gasteiger charge is -2.18. The molecule has 0 radical (unpaired) electrons. The monoisotopic (exact) mass is 353 g/mol. The highest BCUT2D eigenvalue weighted by Crippen LogP contribution is 2.30. The van der Waals surface area contributed by atoms with E-state index < -0.39 is 0 Å². The smallest absolute Gasteiger partial charge is 0.123 e. The van der Waals surface area contributed by atoms with Gasteiger partial charge in [0.1, 0.15) is 5.82 Å². The second-order valence-corrected chi connectivity index (χ2v) is 7.18. The van der Waals surface area contributed by atoms with E-state index in [4.69, 9.17) is 0 Å². The van der Waals surface area contributed by atoms with Gasteiger partial charge < -0.3 is 5.32 Å². The van der Waals surface area contributed by atoms with Crippen LogP contribution in [0.3, 0.4) is 0 Å². The zero-order chi connectivity index (χ0) is 13.9. The molecule has 2 aromatic rings. The summed E-state index contributed by atoms with van der Waals surface area (Å²) in [6.45, 7) is 0.959. The average molecular weight is 354 g/mol. The standard InChI is InChI=1S/C16H17BrFNS/c17-15-7-8-20-16(15)9-12(10-19-14-5-6-14)11-1-3-13(18)4-2-11/h1-4,7-8,12,14,19H,5-6,9-10H2. The first-order chi connectivity index (χ1) is 9.72. The SMILES string of the molecule is Fc1ccc(C(CNC2CC2)Cc2sccc2Br)cc1. The number of nitrogens with one attached hydrogen (secondary N) is 1. The Bertz CT molecular complexity index is 562. The molecule has 1 aromatic heterocycles. The number of rotatable bonds is 6. The largest absolute Gasteiger partial charge is 0.313 e. The molecular weight excluding hydrogens is 337 g/mol. The number of hydrogen-bond acceptors (Lipinski definition) is 2. The molecule has 20 heavy (non-hydrogen) atoms. The van der Waals surface area contributed by atoms with Gasteiger partial charge >= 0.3 is 0 Å². The molecule has 1 atom stereocenters. The third kappa shape index (κ3) is 3.68. The lowest BCUT2D eigenvalue weighted by atomic mass is 9.95. The van der Waals surface area contributed by atoms with E-state index >= 15 is 0 Å². The maximum Gasteiger partial charge on any atom is 0.123 e. The first-order valence-corrected chi connectivity index (χ1v) is 8.60. The second kappa shape index (κ2) is 6.37. The van der Waals surface area contributed by atoms with Gasteiger partial charge in [-0.1, -0.05) is 12.1 Å². The van der Waals surface area contributed by atoms with Gasteiger partial charge in [-0.3, -0.25) is 0 Å². The maximum absolute atomic E-state index is 13.1. The first-order valence-electron chi connectivity index (χ1n) is 6.93. The van der Waals surface area contributed by atoms with Gasteiger partial charge in [-0.05, 0) is 64.3 Å². The van der Waals surface area contributed by atoms with Crippen LogP contribution in [0.5, 0.6) is 0 Å². The summed E-state index contributed by atoms with van der Waals surface area (Å²) in [4.78, 5) is 1.36. The minimum Gasteiger partial charge on any atom is -0.313 e. The molecule has 1 fully saturated rings. The van der Waals surface area contributed by atoms with E-state index in [1.165, 1.54) is 27.8 Å². The molecule has 0 amide bonds. The fourth-order valence-corrected chi connectivity index (χ4v) is 3.93. The molecule has 3 rings (SSSR count). The molecule has 106 valence electrons. The van der Waals surface area contributed by atoms with Gasteiger partial charge in [0.25, 0.3) is 0 Å². The lowest BCUT2D eigenvalue weighted by Crippen LogP contribution is -2.24. The van der Waals surface area contributed by atoms with Gasteiger partial charge in [0.15, 0.2) is 0 Å². The summed E-state index contributed by atoms with van der Waals surface area (Å²) < 4.78 is 14.3. The van der Waals surface area contributed by atoms with Crippen LogP contribution in [0.25, 0.3) is 0 Å². The summed E-state index contributed by atoms with van der Waals surface area (Å²) in [6.07, 6.45) is 3.57. The van der Waals surface area contributed by atoms with Crippen LogP contribution < -0.4 is 5.32 Å². The minimum absolute atomic E-state index is 0.167. The molecule has 0 saturated heterocycles. The summed E-state index contributed by atoms with van der Waals surface area (Å²) in [5, 5.41) is 5.70. The molecule has 1 aromatic carbocycles. The topological polar surface area (TPSA) is 12.0 Å². The van der Waals surface area contributed by atoms with Crippen molar-refractivity contribution in [3.63, 3.8) is 0 Å². The van der Waals surface area contributed by atoms with Gasteiger partial charge in [0.2, 0.25) is 0 Å². The molecule has 1 heterocycles. The number of hydrogen-bond donors (Lipinski definition) is 1. The van der Waals surface area contributed by atoms with Crippen molar-refractivity contribution >= 4 is 27.3 Å². The van der Waals surface area contributed by atoms with Crippen LogP contribution >= 0.6 is 27.3 Å². The quantitative estimate of drug-likeness (QED) is 0.791. The van der Waals surface area contributed by atoms with Gasteiger partial charge in [0.05, 0.1) is 0 Å². The molecular formula is C16H17BrFNS. The lowest BCUT2D eigenvalue weighted by molar-refractivity contribution is 0.576. The van der Waals surface area contributed by atoms with E-state index in [2.05, 4.69) is 32.7 Å². The van der Waals surface area contributed by atoms with Crippen molar-refractivity contribution in [2.24, 2.45) is 0 Å². The van der Waals surface area contributed by atoms with Crippen molar-refractivity contribution < 1.29 is 4.39 Å². The zero-order valence-corrected chi connectivity index (χ0v) is 13.5. The third-order valence-corrected chi connectivity index (χ3v) is 5.64. The van der Waals surface area contributed by atoms with Crippen molar-refractivity contribution in [2.45, 2.75) is 31.2 Å². The van der Waals surface area contributed by atoms with Gasteiger partial charge in [-0.15, -0.1) is 11.3 Å². The van der Waals surface area contributed by atoms with Crippen LogP contribution in [-0.4, -0.2) is 12.6 Å². The molecule has 4 heteroatoms. The number of halogens is 2. The van der Waals surface area contributed by atoms with Crippen molar-refractivity contribution in [3.8, 4) is 0 Å². The Kier molecular flexibility index (Phi) is 4.54. The highest BCUT2D eigenvalue weighted by atomic mass is 79.9. The summed E-state index contributed by atoms with van der Waals surface area (Å²) >= 11 is 5.38. The predicted molar refractivity (Wildman–Crippen MR) is 85.9 cm³/mol. The fourth-order valence-electron chi connectivity index (χ4n) is 2.33. The van der Waals surface area contributed by atoms with Crippen LogP contribution in [0.4, 0.5) is 4.39 Å². The van der Waals surface area contributed by atoms with Crippen LogP contribution in [0.15, 0.2) is 40.2 Å². The molecule has 0 bridgehead atoms. The second-order valence-electron chi connectivity index (χ2n) is 5.33. The molecule has 1 saturated carbocycles. The van der Waals surface area contributed by atoms with Crippen LogP contribution in [0.2, 0.25) is 0 Å². The molecule has 0 spiro atoms. The summed E-state index contributed by atoms with van der Waals surface area (Å²) in [5.74, 6) is 0.228. The van der Waals surface area contributed by atoms with E-state index in [-0.39, 0.29) is 5.82 Å². The van der Waals surface area contributed by atoms with E-state index in [0.29, 0.717) is 12.0 Å². The summed E-state index contributed by atoms with van der Waals surface area (Å²) in [6, 6.07) is 9.73.